The highest BCUT2D eigenvalue weighted by atomic mass is 35.5. The molecule has 3 aromatic carbocycles. The van der Waals surface area contributed by atoms with E-state index in [1.807, 2.05) is 36.4 Å². The Morgan fingerprint density at radius 2 is 1.86 bits per heavy atom. The molecule has 1 atom stereocenters. The predicted octanol–water partition coefficient (Wildman–Crippen LogP) is 5.20. The summed E-state index contributed by atoms with van der Waals surface area (Å²) in [5, 5.41) is 20.4. The van der Waals surface area contributed by atoms with E-state index in [9.17, 15) is 14.4 Å². The number of halogens is 3. The van der Waals surface area contributed by atoms with Gasteiger partial charge in [-0.1, -0.05) is 53.5 Å². The number of ether oxygens (including phenoxy) is 1. The van der Waals surface area contributed by atoms with Gasteiger partial charge >= 0.3 is 0 Å². The average Bonchev–Trinajstić information content (AvgIpc) is 3.05. The second kappa shape index (κ2) is 14.2. The fourth-order valence-electron chi connectivity index (χ4n) is 4.81. The molecule has 1 fully saturated rings. The van der Waals surface area contributed by atoms with Gasteiger partial charge in [0.1, 0.15) is 11.9 Å². The van der Waals surface area contributed by atoms with Gasteiger partial charge in [0, 0.05) is 42.2 Å². The number of carbonyl (C=O) groups excluding carboxylic acids is 1. The molecular weight excluding hydrogens is 606 g/mol. The van der Waals surface area contributed by atoms with Gasteiger partial charge in [0.2, 0.25) is 5.91 Å². The second-order valence-corrected chi connectivity index (χ2v) is 10.7. The number of fused-ring (bicyclic) bond motifs is 1. The number of anilines is 3. The van der Waals surface area contributed by atoms with Crippen molar-refractivity contribution >= 4 is 57.1 Å². The number of morpholine rings is 1. The largest absolute Gasteiger partial charge is 0.381 e. The van der Waals surface area contributed by atoms with E-state index in [1.54, 1.807) is 17.2 Å². The molecule has 0 bridgehead atoms. The van der Waals surface area contributed by atoms with Crippen LogP contribution in [0.5, 0.6) is 0 Å². The number of nitriles is 1. The summed E-state index contributed by atoms with van der Waals surface area (Å²) in [4.78, 5) is 18.8. The predicted molar refractivity (Wildman–Crippen MR) is 170 cm³/mol. The molecule has 1 saturated heterocycles. The zero-order valence-corrected chi connectivity index (χ0v) is 24.9. The number of nitrogens with two attached hydrogens (primary N) is 1. The number of hydrazine groups is 1. The second-order valence-electron chi connectivity index (χ2n) is 9.87. The number of carbonyl (C=O) groups is 1. The highest BCUT2D eigenvalue weighted by molar-refractivity contribution is 6.36. The highest BCUT2D eigenvalue weighted by Gasteiger charge is 2.20. The Balaban J connectivity index is 1.48. The molecule has 0 unspecified atom stereocenters. The molecule has 0 spiro atoms. The fraction of sp³-hybridized carbons (Fsp3) is 0.194. The summed E-state index contributed by atoms with van der Waals surface area (Å²) < 4.78 is 19.1. The Labute approximate surface area is 263 Å². The molecule has 226 valence electrons. The molecule has 4 aromatic rings. The van der Waals surface area contributed by atoms with Crippen molar-refractivity contribution in [1.29, 1.82) is 5.26 Å². The van der Waals surface area contributed by atoms with Gasteiger partial charge in [-0.15, -0.1) is 0 Å². The molecule has 13 heteroatoms. The summed E-state index contributed by atoms with van der Waals surface area (Å²) in [5.41, 5.74) is 6.38. The van der Waals surface area contributed by atoms with E-state index in [0.717, 1.165) is 5.56 Å². The third kappa shape index (κ3) is 7.12. The lowest BCUT2D eigenvalue weighted by Crippen LogP contribution is -2.44. The summed E-state index contributed by atoms with van der Waals surface area (Å²) in [7, 11) is 0. The van der Waals surface area contributed by atoms with E-state index < -0.39 is 11.9 Å². The third-order valence-corrected chi connectivity index (χ3v) is 7.61. The molecular formula is C31H29Cl2FN8O2. The van der Waals surface area contributed by atoms with E-state index >= 15 is 0 Å². The Kier molecular flexibility index (Phi) is 9.99. The first-order chi connectivity index (χ1) is 21.4. The lowest BCUT2D eigenvalue weighted by molar-refractivity contribution is -0.134. The van der Waals surface area contributed by atoms with Crippen LogP contribution in [-0.4, -0.2) is 48.6 Å². The van der Waals surface area contributed by atoms with Crippen LogP contribution in [0.4, 0.5) is 21.5 Å². The molecule has 2 heterocycles. The maximum absolute atomic E-state index is 13.8. The van der Waals surface area contributed by atoms with Crippen LogP contribution in [0.1, 0.15) is 17.2 Å². The Morgan fingerprint density at radius 1 is 1.11 bits per heavy atom. The third-order valence-electron chi connectivity index (χ3n) is 7.03. The molecule has 1 amide bonds. The molecule has 6 N–H and O–H groups in total. The van der Waals surface area contributed by atoms with Crippen LogP contribution in [-0.2, 0) is 9.53 Å². The van der Waals surface area contributed by atoms with Crippen LogP contribution in [0.2, 0.25) is 10.0 Å². The first-order valence-electron chi connectivity index (χ1n) is 13.7. The molecule has 10 nitrogen and oxygen atoms in total. The van der Waals surface area contributed by atoms with E-state index in [0.29, 0.717) is 65.0 Å². The minimum atomic E-state index is -0.559. The lowest BCUT2D eigenvalue weighted by atomic mass is 10.0. The number of benzene rings is 3. The summed E-state index contributed by atoms with van der Waals surface area (Å²) >= 11 is 12.7. The summed E-state index contributed by atoms with van der Waals surface area (Å²) in [6.07, 6.45) is 3.08. The van der Waals surface area contributed by atoms with Crippen LogP contribution in [0.25, 0.3) is 10.9 Å². The Hall–Kier alpha value is -4.60. The summed E-state index contributed by atoms with van der Waals surface area (Å²) in [6, 6.07) is 18.9. The SMILES string of the molecule is N#Cc1cnc2c(Cl)cc(N[C@H](/C(=C/NCC(=O)N3CCOCC3)NN)c3ccccc3)cc2c1Nc1ccc(F)c(Cl)c1. The summed E-state index contributed by atoms with van der Waals surface area (Å²) in [5.74, 6) is 5.38. The minimum absolute atomic E-state index is 0.0466. The van der Waals surface area contributed by atoms with Crippen molar-refractivity contribution in [3.05, 3.63) is 106 Å². The van der Waals surface area contributed by atoms with E-state index in [2.05, 4.69) is 32.4 Å². The van der Waals surface area contributed by atoms with Crippen LogP contribution in [0, 0.1) is 17.1 Å². The standard InChI is InChI=1S/C31H29Cl2FN8O2/c32-24-13-21(6-7-26(24)34)39-29-20(15-35)16-38-31-23(29)12-22(14-25(31)33)40-30(19-4-2-1-3-5-19)27(41-36)17-37-18-28(43)42-8-10-44-11-9-42/h1-7,12-14,16-17,30,37,40-41H,8-11,18,36H2,(H,38,39)/b27-17-/t30-/m0/s1. The lowest BCUT2D eigenvalue weighted by Gasteiger charge is -2.27. The van der Waals surface area contributed by atoms with Crippen molar-refractivity contribution in [2.75, 3.05) is 43.5 Å². The van der Waals surface area contributed by atoms with Gasteiger partial charge in [-0.2, -0.15) is 5.26 Å². The molecule has 0 aliphatic carbocycles. The van der Waals surface area contributed by atoms with E-state index in [4.69, 9.17) is 33.8 Å². The van der Waals surface area contributed by atoms with Gasteiger partial charge in [0.25, 0.3) is 0 Å². The number of aromatic nitrogens is 1. The minimum Gasteiger partial charge on any atom is -0.381 e. The normalized spacial score (nSPS) is 14.1. The molecule has 1 aromatic heterocycles. The van der Waals surface area contributed by atoms with Gasteiger partial charge in [-0.25, -0.2) is 4.39 Å². The number of hydrogen-bond acceptors (Lipinski definition) is 9. The van der Waals surface area contributed by atoms with Gasteiger partial charge < -0.3 is 31.0 Å². The van der Waals surface area contributed by atoms with Gasteiger partial charge in [0.05, 0.1) is 58.3 Å². The van der Waals surface area contributed by atoms with E-state index in [1.165, 1.54) is 24.4 Å². The van der Waals surface area contributed by atoms with Gasteiger partial charge in [-0.05, 0) is 35.9 Å². The Bertz CT molecular complexity index is 1730. The van der Waals surface area contributed by atoms with Crippen LogP contribution >= 0.6 is 23.2 Å². The zero-order valence-electron chi connectivity index (χ0n) is 23.4. The number of pyridine rings is 1. The average molecular weight is 636 g/mol. The first-order valence-corrected chi connectivity index (χ1v) is 14.4. The molecule has 0 saturated carbocycles. The van der Waals surface area contributed by atoms with Crippen LogP contribution in [0.3, 0.4) is 0 Å². The Morgan fingerprint density at radius 3 is 2.57 bits per heavy atom. The monoisotopic (exact) mass is 634 g/mol. The number of rotatable bonds is 10. The highest BCUT2D eigenvalue weighted by Crippen LogP contribution is 2.37. The quantitative estimate of drug-likeness (QED) is 0.118. The molecule has 1 aliphatic rings. The van der Waals surface area contributed by atoms with Gasteiger partial charge in [-0.3, -0.25) is 15.6 Å². The summed E-state index contributed by atoms with van der Waals surface area (Å²) in [6.45, 7) is 2.23. The smallest absolute Gasteiger partial charge is 0.242 e. The molecule has 5 rings (SSSR count). The number of hydrogen-bond donors (Lipinski definition) is 5. The van der Waals surface area contributed by atoms with Crippen molar-refractivity contribution in [2.24, 2.45) is 5.84 Å². The number of amides is 1. The van der Waals surface area contributed by atoms with Crippen molar-refractivity contribution in [3.63, 3.8) is 0 Å². The maximum Gasteiger partial charge on any atom is 0.242 e. The van der Waals surface area contributed by atoms with Crippen LogP contribution in [0.15, 0.2) is 78.8 Å². The molecule has 44 heavy (non-hydrogen) atoms. The number of nitrogens with one attached hydrogen (secondary N) is 4. The molecule has 1 aliphatic heterocycles. The van der Waals surface area contributed by atoms with Gasteiger partial charge in [0.15, 0.2) is 0 Å². The first kappa shape index (κ1) is 30.8. The topological polar surface area (TPSA) is 140 Å². The molecule has 0 radical (unpaired) electrons. The van der Waals surface area contributed by atoms with Crippen molar-refractivity contribution in [3.8, 4) is 6.07 Å². The van der Waals surface area contributed by atoms with Crippen molar-refractivity contribution in [2.45, 2.75) is 6.04 Å². The number of nitrogens with zero attached hydrogens (tertiary/aromatic N) is 3. The fourth-order valence-corrected chi connectivity index (χ4v) is 5.26. The van der Waals surface area contributed by atoms with E-state index in [-0.39, 0.29) is 23.0 Å². The zero-order chi connectivity index (χ0) is 31.1. The van der Waals surface area contributed by atoms with Crippen molar-refractivity contribution < 1.29 is 13.9 Å². The van der Waals surface area contributed by atoms with Crippen molar-refractivity contribution in [1.82, 2.24) is 20.6 Å². The van der Waals surface area contributed by atoms with Crippen LogP contribution < -0.4 is 27.2 Å². The maximum atomic E-state index is 13.8.